The van der Waals surface area contributed by atoms with E-state index in [0.717, 1.165) is 22.3 Å². The Labute approximate surface area is 124 Å². The van der Waals surface area contributed by atoms with Crippen molar-refractivity contribution in [1.82, 2.24) is 4.98 Å². The summed E-state index contributed by atoms with van der Waals surface area (Å²) in [4.78, 5) is 4.64. The van der Waals surface area contributed by atoms with Gasteiger partial charge in [-0.25, -0.2) is 0 Å². The van der Waals surface area contributed by atoms with Crippen LogP contribution in [0.3, 0.4) is 0 Å². The Kier molecular flexibility index (Phi) is 3.84. The van der Waals surface area contributed by atoms with Crippen LogP contribution in [0.1, 0.15) is 5.69 Å². The first-order valence-electron chi connectivity index (χ1n) is 6.97. The van der Waals surface area contributed by atoms with Crippen molar-refractivity contribution in [2.75, 3.05) is 19.5 Å². The second-order valence-corrected chi connectivity index (χ2v) is 4.94. The molecule has 2 aromatic carbocycles. The van der Waals surface area contributed by atoms with Crippen molar-refractivity contribution < 1.29 is 4.74 Å². The van der Waals surface area contributed by atoms with Crippen molar-refractivity contribution in [2.45, 2.75) is 6.61 Å². The van der Waals surface area contributed by atoms with Crippen LogP contribution in [0.5, 0.6) is 0 Å². The quantitative estimate of drug-likeness (QED) is 0.780. The van der Waals surface area contributed by atoms with E-state index in [9.17, 15) is 0 Å². The number of nitrogens with zero attached hydrogens (tertiary/aromatic N) is 1. The molecule has 0 fully saturated rings. The lowest BCUT2D eigenvalue weighted by atomic mass is 10.0. The van der Waals surface area contributed by atoms with Gasteiger partial charge in [-0.15, -0.1) is 0 Å². The van der Waals surface area contributed by atoms with Gasteiger partial charge < -0.3 is 10.1 Å². The number of nitrogens with one attached hydrogen (secondary N) is 1. The van der Waals surface area contributed by atoms with Crippen molar-refractivity contribution in [1.29, 1.82) is 0 Å². The molecule has 0 aliphatic carbocycles. The number of anilines is 1. The Morgan fingerprint density at radius 3 is 2.52 bits per heavy atom. The number of ether oxygens (including phenoxy) is 1. The van der Waals surface area contributed by atoms with Crippen LogP contribution in [0, 0.1) is 0 Å². The molecule has 3 heteroatoms. The first-order valence-corrected chi connectivity index (χ1v) is 6.97. The number of methoxy groups -OCH3 is 1. The zero-order valence-electron chi connectivity index (χ0n) is 12.3. The van der Waals surface area contributed by atoms with Gasteiger partial charge in [0.25, 0.3) is 0 Å². The summed E-state index contributed by atoms with van der Waals surface area (Å²) >= 11 is 0. The molecule has 3 rings (SSSR count). The van der Waals surface area contributed by atoms with E-state index in [0.29, 0.717) is 6.61 Å². The lowest BCUT2D eigenvalue weighted by Crippen LogP contribution is -1.98. The van der Waals surface area contributed by atoms with E-state index in [1.165, 1.54) is 11.1 Å². The smallest absolute Gasteiger partial charge is 0.0885 e. The second-order valence-electron chi connectivity index (χ2n) is 4.94. The third-order valence-electron chi connectivity index (χ3n) is 3.53. The monoisotopic (exact) mass is 278 g/mol. The van der Waals surface area contributed by atoms with Crippen LogP contribution in [-0.2, 0) is 11.3 Å². The van der Waals surface area contributed by atoms with Crippen molar-refractivity contribution in [3.8, 4) is 11.1 Å². The van der Waals surface area contributed by atoms with E-state index in [4.69, 9.17) is 4.74 Å². The molecule has 0 aliphatic heterocycles. The van der Waals surface area contributed by atoms with E-state index in [-0.39, 0.29) is 0 Å². The fourth-order valence-corrected chi connectivity index (χ4v) is 2.52. The Bertz CT molecular complexity index is 754. The summed E-state index contributed by atoms with van der Waals surface area (Å²) in [5, 5.41) is 4.38. The van der Waals surface area contributed by atoms with Crippen LogP contribution in [0.25, 0.3) is 22.0 Å². The Morgan fingerprint density at radius 1 is 1.00 bits per heavy atom. The van der Waals surface area contributed by atoms with Gasteiger partial charge in [0.15, 0.2) is 0 Å². The summed E-state index contributed by atoms with van der Waals surface area (Å²) in [5.74, 6) is 0. The van der Waals surface area contributed by atoms with Gasteiger partial charge in [0.05, 0.1) is 17.8 Å². The predicted molar refractivity (Wildman–Crippen MR) is 87.4 cm³/mol. The maximum atomic E-state index is 5.18. The van der Waals surface area contributed by atoms with Crippen LogP contribution in [0.4, 0.5) is 5.69 Å². The van der Waals surface area contributed by atoms with Crippen molar-refractivity contribution in [3.63, 3.8) is 0 Å². The molecule has 0 radical (unpaired) electrons. The highest BCUT2D eigenvalue weighted by Gasteiger charge is 2.07. The van der Waals surface area contributed by atoms with Crippen molar-refractivity contribution >= 4 is 16.6 Å². The number of benzene rings is 2. The molecule has 0 bridgehead atoms. The van der Waals surface area contributed by atoms with Crippen LogP contribution < -0.4 is 5.32 Å². The van der Waals surface area contributed by atoms with Crippen LogP contribution in [0.2, 0.25) is 0 Å². The summed E-state index contributed by atoms with van der Waals surface area (Å²) in [6.07, 6.45) is 0. The maximum absolute atomic E-state index is 5.18. The molecular weight excluding hydrogens is 260 g/mol. The molecule has 0 aliphatic rings. The molecule has 1 N–H and O–H groups in total. The minimum atomic E-state index is 0.519. The highest BCUT2D eigenvalue weighted by molar-refractivity contribution is 5.94. The lowest BCUT2D eigenvalue weighted by Gasteiger charge is -2.10. The number of rotatable bonds is 4. The zero-order chi connectivity index (χ0) is 14.7. The fraction of sp³-hybridized carbons (Fsp3) is 0.167. The summed E-state index contributed by atoms with van der Waals surface area (Å²) < 4.78 is 5.18. The minimum absolute atomic E-state index is 0.519. The second kappa shape index (κ2) is 5.94. The number of hydrogen-bond donors (Lipinski definition) is 1. The average molecular weight is 278 g/mol. The van der Waals surface area contributed by atoms with E-state index < -0.39 is 0 Å². The summed E-state index contributed by atoms with van der Waals surface area (Å²) in [7, 11) is 3.62. The zero-order valence-corrected chi connectivity index (χ0v) is 12.3. The summed E-state index contributed by atoms with van der Waals surface area (Å²) in [6.45, 7) is 0.519. The van der Waals surface area contributed by atoms with Crippen molar-refractivity contribution in [3.05, 3.63) is 60.3 Å². The van der Waals surface area contributed by atoms with E-state index in [1.54, 1.807) is 7.11 Å². The molecule has 106 valence electrons. The Hall–Kier alpha value is -2.39. The number of hydrogen-bond acceptors (Lipinski definition) is 3. The van der Waals surface area contributed by atoms with Gasteiger partial charge in [-0.2, -0.15) is 0 Å². The minimum Gasteiger partial charge on any atom is -0.388 e. The Balaban J connectivity index is 2.15. The van der Waals surface area contributed by atoms with Gasteiger partial charge >= 0.3 is 0 Å². The Morgan fingerprint density at radius 2 is 1.81 bits per heavy atom. The van der Waals surface area contributed by atoms with Crippen LogP contribution in [0.15, 0.2) is 54.6 Å². The van der Waals surface area contributed by atoms with Crippen molar-refractivity contribution in [2.24, 2.45) is 0 Å². The van der Waals surface area contributed by atoms with Gasteiger partial charge in [0.2, 0.25) is 0 Å². The maximum Gasteiger partial charge on any atom is 0.0885 e. The third-order valence-corrected chi connectivity index (χ3v) is 3.53. The lowest BCUT2D eigenvalue weighted by molar-refractivity contribution is 0.182. The first-order chi connectivity index (χ1) is 10.3. The molecule has 0 atom stereocenters. The molecule has 3 aromatic rings. The molecular formula is C18H18N2O. The van der Waals surface area contributed by atoms with Crippen LogP contribution >= 0.6 is 0 Å². The molecule has 0 saturated heterocycles. The highest BCUT2D eigenvalue weighted by Crippen LogP contribution is 2.28. The molecule has 0 amide bonds. The SMILES string of the molecule is CNc1cc(COC)nc2ccc(-c3ccccc3)cc12. The molecule has 1 aromatic heterocycles. The van der Waals surface area contributed by atoms with Gasteiger partial charge in [-0.1, -0.05) is 36.4 Å². The first kappa shape index (κ1) is 13.6. The number of pyridine rings is 1. The summed E-state index contributed by atoms with van der Waals surface area (Å²) in [6, 6.07) is 18.8. The normalized spacial score (nSPS) is 10.8. The molecule has 1 heterocycles. The largest absolute Gasteiger partial charge is 0.388 e. The average Bonchev–Trinajstić information content (AvgIpc) is 2.55. The van der Waals surface area contributed by atoms with E-state index in [1.807, 2.05) is 19.2 Å². The molecule has 3 nitrogen and oxygen atoms in total. The highest BCUT2D eigenvalue weighted by atomic mass is 16.5. The molecule has 0 unspecified atom stereocenters. The molecule has 0 saturated carbocycles. The van der Waals surface area contributed by atoms with Gasteiger partial charge in [0, 0.05) is 25.2 Å². The fourth-order valence-electron chi connectivity index (χ4n) is 2.52. The molecule has 21 heavy (non-hydrogen) atoms. The van der Waals surface area contributed by atoms with Gasteiger partial charge in [0.1, 0.15) is 0 Å². The van der Waals surface area contributed by atoms with Crippen LogP contribution in [-0.4, -0.2) is 19.1 Å². The standard InChI is InChI=1S/C18H18N2O/c1-19-18-11-15(12-21-2)20-17-9-8-14(10-16(17)18)13-6-4-3-5-7-13/h3-11H,12H2,1-2H3,(H,19,20). The third kappa shape index (κ3) is 2.73. The van der Waals surface area contributed by atoms with Gasteiger partial charge in [-0.05, 0) is 29.3 Å². The number of aromatic nitrogens is 1. The van der Waals surface area contributed by atoms with E-state index in [2.05, 4.69) is 52.8 Å². The predicted octanol–water partition coefficient (Wildman–Crippen LogP) is 4.09. The van der Waals surface area contributed by atoms with Gasteiger partial charge in [-0.3, -0.25) is 4.98 Å². The topological polar surface area (TPSA) is 34.1 Å². The summed E-state index contributed by atoms with van der Waals surface area (Å²) in [5.41, 5.74) is 5.39. The number of fused-ring (bicyclic) bond motifs is 1. The molecule has 0 spiro atoms. The van der Waals surface area contributed by atoms with E-state index >= 15 is 0 Å².